The van der Waals surface area contributed by atoms with E-state index in [1.807, 2.05) is 37.3 Å². The van der Waals surface area contributed by atoms with Crippen molar-refractivity contribution in [2.24, 2.45) is 0 Å². The lowest BCUT2D eigenvalue weighted by atomic mass is 10.1. The van der Waals surface area contributed by atoms with E-state index in [2.05, 4.69) is 10.6 Å². The molecule has 2 N–H and O–H groups in total. The van der Waals surface area contributed by atoms with Gasteiger partial charge in [-0.2, -0.15) is 4.31 Å². The normalized spacial score (nSPS) is 15.2. The lowest BCUT2D eigenvalue weighted by Crippen LogP contribution is -2.40. The molecular formula is C26H27N3O5S. The first-order chi connectivity index (χ1) is 16.9. The number of nitrogens with one attached hydrogen (secondary N) is 2. The molecule has 0 radical (unpaired) electrons. The van der Waals surface area contributed by atoms with Crippen molar-refractivity contribution in [2.75, 3.05) is 31.6 Å². The Morgan fingerprint density at radius 2 is 1.49 bits per heavy atom. The summed E-state index contributed by atoms with van der Waals surface area (Å²) in [6.07, 6.45) is 0. The number of carbonyl (C=O) groups excluding carboxylic acids is 2. The van der Waals surface area contributed by atoms with E-state index < -0.39 is 15.9 Å². The number of hydrogen-bond donors (Lipinski definition) is 2. The summed E-state index contributed by atoms with van der Waals surface area (Å²) in [5.74, 6) is -0.763. The maximum absolute atomic E-state index is 12.9. The minimum atomic E-state index is -3.65. The summed E-state index contributed by atoms with van der Waals surface area (Å²) >= 11 is 0. The summed E-state index contributed by atoms with van der Waals surface area (Å²) in [5, 5.41) is 5.72. The van der Waals surface area contributed by atoms with Crippen LogP contribution >= 0.6 is 0 Å². The molecule has 1 fully saturated rings. The van der Waals surface area contributed by atoms with Gasteiger partial charge in [0, 0.05) is 18.7 Å². The maximum atomic E-state index is 12.9. The number of amides is 2. The third-order valence-corrected chi connectivity index (χ3v) is 7.70. The smallest absolute Gasteiger partial charge is 0.255 e. The molecule has 0 bridgehead atoms. The summed E-state index contributed by atoms with van der Waals surface area (Å²) in [6, 6.07) is 21.9. The zero-order valence-electron chi connectivity index (χ0n) is 19.3. The van der Waals surface area contributed by atoms with E-state index in [1.165, 1.54) is 28.6 Å². The van der Waals surface area contributed by atoms with Gasteiger partial charge in [0.05, 0.1) is 35.4 Å². The van der Waals surface area contributed by atoms with Crippen LogP contribution in [0.15, 0.2) is 83.8 Å². The van der Waals surface area contributed by atoms with Crippen LogP contribution in [0.25, 0.3) is 0 Å². The first-order valence-electron chi connectivity index (χ1n) is 11.3. The molecule has 182 valence electrons. The number of hydrogen-bond acceptors (Lipinski definition) is 5. The first-order valence-corrected chi connectivity index (χ1v) is 12.7. The average molecular weight is 494 g/mol. The number of benzene rings is 3. The number of para-hydroxylation sites is 1. The second-order valence-electron chi connectivity index (χ2n) is 8.15. The van der Waals surface area contributed by atoms with Crippen LogP contribution in [0, 0.1) is 0 Å². The van der Waals surface area contributed by atoms with Crippen LogP contribution in [0.5, 0.6) is 0 Å². The highest BCUT2D eigenvalue weighted by atomic mass is 32.2. The van der Waals surface area contributed by atoms with Gasteiger partial charge in [-0.25, -0.2) is 8.42 Å². The molecule has 3 aromatic carbocycles. The number of nitrogens with zero attached hydrogens (tertiary/aromatic N) is 1. The van der Waals surface area contributed by atoms with Gasteiger partial charge in [-0.1, -0.05) is 42.5 Å². The van der Waals surface area contributed by atoms with E-state index in [9.17, 15) is 18.0 Å². The zero-order valence-corrected chi connectivity index (χ0v) is 20.1. The number of morpholine rings is 1. The van der Waals surface area contributed by atoms with Crippen molar-refractivity contribution in [1.29, 1.82) is 0 Å². The number of carbonyl (C=O) groups is 2. The first kappa shape index (κ1) is 24.6. The predicted octanol–water partition coefficient (Wildman–Crippen LogP) is 3.45. The van der Waals surface area contributed by atoms with Crippen LogP contribution in [0.4, 0.5) is 5.69 Å². The molecule has 2 amide bonds. The van der Waals surface area contributed by atoms with Crippen molar-refractivity contribution < 1.29 is 22.7 Å². The van der Waals surface area contributed by atoms with E-state index in [-0.39, 0.29) is 22.4 Å². The Balaban J connectivity index is 1.46. The lowest BCUT2D eigenvalue weighted by Gasteiger charge is -2.26. The van der Waals surface area contributed by atoms with Crippen LogP contribution in [0.3, 0.4) is 0 Å². The summed E-state index contributed by atoms with van der Waals surface area (Å²) in [6.45, 7) is 3.20. The second kappa shape index (κ2) is 10.8. The maximum Gasteiger partial charge on any atom is 0.255 e. The van der Waals surface area contributed by atoms with E-state index in [1.54, 1.807) is 24.3 Å². The summed E-state index contributed by atoms with van der Waals surface area (Å²) in [5.41, 5.74) is 1.93. The molecule has 1 atom stereocenters. The van der Waals surface area contributed by atoms with Gasteiger partial charge in [-0.05, 0) is 48.9 Å². The number of ether oxygens (including phenoxy) is 1. The molecule has 4 rings (SSSR count). The molecule has 1 saturated heterocycles. The fourth-order valence-electron chi connectivity index (χ4n) is 3.80. The molecule has 0 aliphatic carbocycles. The molecule has 0 unspecified atom stereocenters. The molecule has 3 aromatic rings. The second-order valence-corrected chi connectivity index (χ2v) is 10.1. The van der Waals surface area contributed by atoms with E-state index in [0.29, 0.717) is 37.6 Å². The van der Waals surface area contributed by atoms with Crippen LogP contribution in [0.1, 0.15) is 39.2 Å². The highest BCUT2D eigenvalue weighted by Gasteiger charge is 2.26. The van der Waals surface area contributed by atoms with Gasteiger partial charge in [-0.15, -0.1) is 0 Å². The predicted molar refractivity (Wildman–Crippen MR) is 133 cm³/mol. The van der Waals surface area contributed by atoms with Crippen molar-refractivity contribution in [1.82, 2.24) is 9.62 Å². The van der Waals surface area contributed by atoms with Gasteiger partial charge in [-0.3, -0.25) is 9.59 Å². The van der Waals surface area contributed by atoms with Gasteiger partial charge < -0.3 is 15.4 Å². The number of anilines is 1. The molecule has 35 heavy (non-hydrogen) atoms. The minimum Gasteiger partial charge on any atom is -0.379 e. The topological polar surface area (TPSA) is 105 Å². The standard InChI is InChI=1S/C26H27N3O5S/c1-19(20-7-3-2-4-8-20)27-26(31)23-9-5-6-10-24(23)28-25(30)21-11-13-22(14-12-21)35(32,33)29-15-17-34-18-16-29/h2-14,19H,15-18H2,1H3,(H,27,31)(H,28,30)/t19-/m1/s1. The Morgan fingerprint density at radius 1 is 0.857 bits per heavy atom. The Labute approximate surface area is 205 Å². The number of sulfonamides is 1. The fraction of sp³-hybridized carbons (Fsp3) is 0.231. The van der Waals surface area contributed by atoms with Gasteiger partial charge in [0.1, 0.15) is 0 Å². The highest BCUT2D eigenvalue weighted by molar-refractivity contribution is 7.89. The van der Waals surface area contributed by atoms with Crippen LogP contribution < -0.4 is 10.6 Å². The Bertz CT molecular complexity index is 1290. The quantitative estimate of drug-likeness (QED) is 0.525. The minimum absolute atomic E-state index is 0.116. The van der Waals surface area contributed by atoms with Crippen molar-refractivity contribution >= 4 is 27.5 Å². The SMILES string of the molecule is C[C@@H](NC(=O)c1ccccc1NC(=O)c1ccc(S(=O)(=O)N2CCOCC2)cc1)c1ccccc1. The fourth-order valence-corrected chi connectivity index (χ4v) is 5.21. The third-order valence-electron chi connectivity index (χ3n) is 5.79. The van der Waals surface area contributed by atoms with Gasteiger partial charge in [0.15, 0.2) is 0 Å². The molecule has 1 aliphatic rings. The molecule has 0 aromatic heterocycles. The van der Waals surface area contributed by atoms with Crippen molar-refractivity contribution in [3.8, 4) is 0 Å². The molecule has 9 heteroatoms. The van der Waals surface area contributed by atoms with E-state index in [4.69, 9.17) is 4.74 Å². The van der Waals surface area contributed by atoms with Crippen LogP contribution in [-0.2, 0) is 14.8 Å². The van der Waals surface area contributed by atoms with Crippen molar-refractivity contribution in [2.45, 2.75) is 17.9 Å². The highest BCUT2D eigenvalue weighted by Crippen LogP contribution is 2.21. The Morgan fingerprint density at radius 3 is 2.17 bits per heavy atom. The Kier molecular flexibility index (Phi) is 7.60. The monoisotopic (exact) mass is 493 g/mol. The lowest BCUT2D eigenvalue weighted by molar-refractivity contribution is 0.0730. The Hall–Kier alpha value is -3.53. The summed E-state index contributed by atoms with van der Waals surface area (Å²) < 4.78 is 32.2. The largest absolute Gasteiger partial charge is 0.379 e. The molecular weight excluding hydrogens is 466 g/mol. The molecule has 1 aliphatic heterocycles. The molecule has 1 heterocycles. The van der Waals surface area contributed by atoms with Crippen molar-refractivity contribution in [3.05, 3.63) is 95.6 Å². The zero-order chi connectivity index (χ0) is 24.8. The van der Waals surface area contributed by atoms with Crippen molar-refractivity contribution in [3.63, 3.8) is 0 Å². The average Bonchev–Trinajstić information content (AvgIpc) is 2.90. The van der Waals surface area contributed by atoms with E-state index >= 15 is 0 Å². The van der Waals surface area contributed by atoms with Crippen LogP contribution in [0.2, 0.25) is 0 Å². The van der Waals surface area contributed by atoms with Crippen LogP contribution in [-0.4, -0.2) is 50.8 Å². The van der Waals surface area contributed by atoms with Gasteiger partial charge in [0.2, 0.25) is 10.0 Å². The summed E-state index contributed by atoms with van der Waals surface area (Å²) in [7, 11) is -3.65. The summed E-state index contributed by atoms with van der Waals surface area (Å²) in [4.78, 5) is 25.9. The van der Waals surface area contributed by atoms with Gasteiger partial charge >= 0.3 is 0 Å². The molecule has 0 spiro atoms. The molecule has 8 nitrogen and oxygen atoms in total. The van der Waals surface area contributed by atoms with E-state index in [0.717, 1.165) is 5.56 Å². The third kappa shape index (κ3) is 5.76. The molecule has 0 saturated carbocycles. The van der Waals surface area contributed by atoms with Gasteiger partial charge in [0.25, 0.3) is 11.8 Å². The number of rotatable bonds is 7.